The Hall–Kier alpha value is -2.95. The normalized spacial score (nSPS) is 27.2. The number of hydrogen-bond donors (Lipinski definition) is 2. The second-order valence-electron chi connectivity index (χ2n) is 5.91. The van der Waals surface area contributed by atoms with Crippen LogP contribution >= 0.6 is 0 Å². The van der Waals surface area contributed by atoms with Gasteiger partial charge in [-0.25, -0.2) is 0 Å². The summed E-state index contributed by atoms with van der Waals surface area (Å²) in [5.41, 5.74) is -0.256. The molecular weight excluding hydrogens is 296 g/mol. The summed E-state index contributed by atoms with van der Waals surface area (Å²) in [7, 11) is 0. The highest BCUT2D eigenvalue weighted by Gasteiger charge is 2.68. The summed E-state index contributed by atoms with van der Waals surface area (Å²) < 4.78 is 0. The molecule has 0 radical (unpaired) electrons. The van der Waals surface area contributed by atoms with E-state index in [-0.39, 0.29) is 0 Å². The van der Waals surface area contributed by atoms with Gasteiger partial charge in [0.2, 0.25) is 0 Å². The summed E-state index contributed by atoms with van der Waals surface area (Å²) >= 11 is 0. The second-order valence-corrected chi connectivity index (χ2v) is 5.91. The van der Waals surface area contributed by atoms with E-state index < -0.39 is 35.0 Å². The number of benzene rings is 2. The van der Waals surface area contributed by atoms with Crippen molar-refractivity contribution in [2.45, 2.75) is 11.3 Å². The number of Topliss-reactive ketones (excluding diaryl/α,β-unsaturated/α-hetero) is 1. The predicted molar refractivity (Wildman–Crippen MR) is 79.5 cm³/mol. The van der Waals surface area contributed by atoms with Gasteiger partial charge >= 0.3 is 11.9 Å². The fourth-order valence-corrected chi connectivity index (χ4v) is 4.20. The van der Waals surface area contributed by atoms with Crippen LogP contribution in [-0.4, -0.2) is 27.9 Å². The molecule has 2 bridgehead atoms. The van der Waals surface area contributed by atoms with Crippen molar-refractivity contribution in [2.24, 2.45) is 5.92 Å². The standard InChI is InChI=1S/C18H12O5/c19-15-10-6-2-1-5-9(10)13-11-7-3-4-8-12(11)18(15,17(22)23)14(13)16(20)21/h1-8,13-14H,(H,20,21)(H,22,23)/t13-,14-,18-/m0/s1. The third-order valence-corrected chi connectivity index (χ3v) is 5.02. The molecule has 0 fully saturated rings. The molecule has 2 aliphatic rings. The molecule has 4 rings (SSSR count). The van der Waals surface area contributed by atoms with Crippen molar-refractivity contribution in [3.8, 4) is 0 Å². The van der Waals surface area contributed by atoms with Crippen LogP contribution in [-0.2, 0) is 15.0 Å². The van der Waals surface area contributed by atoms with Gasteiger partial charge in [-0.3, -0.25) is 14.4 Å². The molecule has 0 saturated carbocycles. The summed E-state index contributed by atoms with van der Waals surface area (Å²) in [6, 6.07) is 13.3. The number of rotatable bonds is 2. The number of carbonyl (C=O) groups excluding carboxylic acids is 1. The minimum Gasteiger partial charge on any atom is -0.481 e. The summed E-state index contributed by atoms with van der Waals surface area (Å²) in [4.78, 5) is 37.2. The van der Waals surface area contributed by atoms with Gasteiger partial charge in [-0.2, -0.15) is 0 Å². The van der Waals surface area contributed by atoms with Crippen molar-refractivity contribution in [1.82, 2.24) is 0 Å². The summed E-state index contributed by atoms with van der Waals surface area (Å²) in [6.07, 6.45) is 0. The monoisotopic (exact) mass is 308 g/mol. The van der Waals surface area contributed by atoms with E-state index in [1.54, 1.807) is 48.5 Å². The van der Waals surface area contributed by atoms with Gasteiger partial charge in [0.05, 0.1) is 5.92 Å². The molecule has 2 aromatic rings. The Morgan fingerprint density at radius 1 is 0.913 bits per heavy atom. The summed E-state index contributed by atoms with van der Waals surface area (Å²) in [5.74, 6) is -5.28. The van der Waals surface area contributed by atoms with E-state index in [1.807, 2.05) is 0 Å². The highest BCUT2D eigenvalue weighted by Crippen LogP contribution is 2.58. The molecule has 0 heterocycles. The molecule has 0 unspecified atom stereocenters. The molecule has 114 valence electrons. The number of aliphatic carboxylic acids is 2. The minimum atomic E-state index is -2.05. The van der Waals surface area contributed by atoms with Gasteiger partial charge in [-0.1, -0.05) is 48.5 Å². The van der Waals surface area contributed by atoms with Crippen LogP contribution in [0.5, 0.6) is 0 Å². The third-order valence-electron chi connectivity index (χ3n) is 5.02. The number of carbonyl (C=O) groups is 3. The van der Waals surface area contributed by atoms with Crippen molar-refractivity contribution in [3.63, 3.8) is 0 Å². The average molecular weight is 308 g/mol. The van der Waals surface area contributed by atoms with Crippen LogP contribution in [0.25, 0.3) is 0 Å². The fourth-order valence-electron chi connectivity index (χ4n) is 4.20. The van der Waals surface area contributed by atoms with E-state index in [2.05, 4.69) is 0 Å². The maximum absolute atomic E-state index is 13.1. The van der Waals surface area contributed by atoms with Gasteiger partial charge in [-0.05, 0) is 16.7 Å². The quantitative estimate of drug-likeness (QED) is 0.828. The molecule has 5 nitrogen and oxygen atoms in total. The zero-order valence-electron chi connectivity index (χ0n) is 11.9. The number of fused-ring (bicyclic) bond motifs is 7. The lowest BCUT2D eigenvalue weighted by Gasteiger charge is -2.35. The zero-order chi connectivity index (χ0) is 16.4. The largest absolute Gasteiger partial charge is 0.481 e. The van der Waals surface area contributed by atoms with Crippen molar-refractivity contribution in [3.05, 3.63) is 70.8 Å². The molecule has 0 amide bonds. The molecule has 2 N–H and O–H groups in total. The molecule has 23 heavy (non-hydrogen) atoms. The molecular formula is C18H12O5. The van der Waals surface area contributed by atoms with Crippen LogP contribution in [0, 0.1) is 5.92 Å². The van der Waals surface area contributed by atoms with Gasteiger partial charge in [0, 0.05) is 11.5 Å². The van der Waals surface area contributed by atoms with Crippen LogP contribution in [0.4, 0.5) is 0 Å². The second kappa shape index (κ2) is 4.29. The highest BCUT2D eigenvalue weighted by atomic mass is 16.4. The van der Waals surface area contributed by atoms with Crippen LogP contribution in [0.3, 0.4) is 0 Å². The molecule has 3 atom stereocenters. The van der Waals surface area contributed by atoms with E-state index in [1.165, 1.54) is 0 Å². The SMILES string of the molecule is O=C(O)[C@@H]1[C@H]2c3ccccc3C(=O)[C@]1(C(=O)O)c1ccccc12. The molecule has 5 heteroatoms. The fraction of sp³-hybridized carbons (Fsp3) is 0.167. The zero-order valence-corrected chi connectivity index (χ0v) is 11.9. The number of hydrogen-bond acceptors (Lipinski definition) is 3. The Bertz CT molecular complexity index is 884. The van der Waals surface area contributed by atoms with Gasteiger partial charge in [0.1, 0.15) is 0 Å². The molecule has 2 aromatic carbocycles. The number of ketones is 1. The van der Waals surface area contributed by atoms with Gasteiger partial charge in [0.25, 0.3) is 0 Å². The van der Waals surface area contributed by atoms with Crippen LogP contribution in [0.15, 0.2) is 48.5 Å². The van der Waals surface area contributed by atoms with Gasteiger partial charge < -0.3 is 10.2 Å². The van der Waals surface area contributed by atoms with E-state index >= 15 is 0 Å². The number of carboxylic acids is 2. The maximum Gasteiger partial charge on any atom is 0.323 e. The Morgan fingerprint density at radius 3 is 2.17 bits per heavy atom. The van der Waals surface area contributed by atoms with Crippen LogP contribution in [0.2, 0.25) is 0 Å². The molecule has 0 spiro atoms. The minimum absolute atomic E-state index is 0.297. The Morgan fingerprint density at radius 2 is 1.52 bits per heavy atom. The lowest BCUT2D eigenvalue weighted by molar-refractivity contribution is -0.153. The topological polar surface area (TPSA) is 91.7 Å². The maximum atomic E-state index is 13.1. The smallest absolute Gasteiger partial charge is 0.323 e. The molecule has 0 aromatic heterocycles. The predicted octanol–water partition coefficient (Wildman–Crippen LogP) is 2.05. The van der Waals surface area contributed by atoms with Crippen LogP contribution < -0.4 is 0 Å². The Labute approximate surface area is 131 Å². The average Bonchev–Trinajstić information content (AvgIpc) is 2.82. The Balaban J connectivity index is 2.19. The van der Waals surface area contributed by atoms with Crippen molar-refractivity contribution >= 4 is 17.7 Å². The Kier molecular flexibility index (Phi) is 2.55. The first kappa shape index (κ1) is 13.7. The van der Waals surface area contributed by atoms with Crippen molar-refractivity contribution in [1.29, 1.82) is 0 Å². The van der Waals surface area contributed by atoms with E-state index in [0.29, 0.717) is 22.3 Å². The van der Waals surface area contributed by atoms with E-state index in [9.17, 15) is 24.6 Å². The van der Waals surface area contributed by atoms with Gasteiger partial charge in [-0.15, -0.1) is 0 Å². The van der Waals surface area contributed by atoms with E-state index in [0.717, 1.165) is 0 Å². The summed E-state index contributed by atoms with van der Waals surface area (Å²) in [5, 5.41) is 19.6. The lowest BCUT2D eigenvalue weighted by Crippen LogP contribution is -2.53. The number of carboxylic acid groups (broad SMARTS) is 2. The first-order valence-electron chi connectivity index (χ1n) is 7.20. The molecule has 0 saturated heterocycles. The lowest BCUT2D eigenvalue weighted by atomic mass is 9.62. The van der Waals surface area contributed by atoms with Gasteiger partial charge in [0.15, 0.2) is 11.2 Å². The van der Waals surface area contributed by atoms with E-state index in [4.69, 9.17) is 0 Å². The molecule has 0 aliphatic heterocycles. The molecule has 2 aliphatic carbocycles. The summed E-state index contributed by atoms with van der Waals surface area (Å²) in [6.45, 7) is 0. The van der Waals surface area contributed by atoms with Crippen molar-refractivity contribution in [2.75, 3.05) is 0 Å². The first-order valence-corrected chi connectivity index (χ1v) is 7.20. The van der Waals surface area contributed by atoms with Crippen molar-refractivity contribution < 1.29 is 24.6 Å². The van der Waals surface area contributed by atoms with Crippen LogP contribution in [0.1, 0.15) is 33.0 Å². The third kappa shape index (κ3) is 1.39. The first-order chi connectivity index (χ1) is 11.0. The highest BCUT2D eigenvalue weighted by molar-refractivity contribution is 6.22.